The van der Waals surface area contributed by atoms with Gasteiger partial charge in [-0.2, -0.15) is 0 Å². The largest absolute Gasteiger partial charge is 0.309 e. The van der Waals surface area contributed by atoms with E-state index in [9.17, 15) is 0 Å². The lowest BCUT2D eigenvalue weighted by Crippen LogP contribution is -1.94. The van der Waals surface area contributed by atoms with Crippen molar-refractivity contribution >= 4 is 86.7 Å². The fourth-order valence-corrected chi connectivity index (χ4v) is 10.0. The third-order valence-electron chi connectivity index (χ3n) is 12.7. The number of hydrogen-bond acceptors (Lipinski definition) is 0. The number of aromatic nitrogens is 2. The van der Waals surface area contributed by atoms with Gasteiger partial charge in [0.15, 0.2) is 0 Å². The standard InChI is InChI=1S/C60H34N2/c1-5-19-53-47(13-1)48-14-2-6-20-54(48)61(53)45-35-25-39(26-36-45)23-29-43-33-31-41-11-10-18-52-57(41)59(43)51-17-9-12-42-32-34-44(60(52)58(42)51)30-24-40-27-37-46(38-28-40)62-55-21-7-3-15-49(55)50-16-4-8-22-56(50)62/h1-22,25-28,31-38H. The minimum absolute atomic E-state index is 0.977. The molecule has 0 spiro atoms. The zero-order valence-electron chi connectivity index (χ0n) is 33.5. The molecule has 13 aromatic rings. The van der Waals surface area contributed by atoms with Crippen LogP contribution in [-0.4, -0.2) is 9.13 Å². The van der Waals surface area contributed by atoms with Crippen LogP contribution in [0.25, 0.3) is 98.1 Å². The first-order valence-electron chi connectivity index (χ1n) is 21.1. The number of para-hydroxylation sites is 4. The van der Waals surface area contributed by atoms with Gasteiger partial charge in [0.25, 0.3) is 0 Å². The van der Waals surface area contributed by atoms with Gasteiger partial charge >= 0.3 is 0 Å². The van der Waals surface area contributed by atoms with Crippen LogP contribution in [0.4, 0.5) is 0 Å². The highest BCUT2D eigenvalue weighted by Gasteiger charge is 2.18. The quantitative estimate of drug-likeness (QED) is 0.0939. The molecule has 0 N–H and O–H groups in total. The molecule has 0 aliphatic heterocycles. The maximum atomic E-state index is 3.63. The molecule has 0 saturated carbocycles. The molecule has 2 nitrogen and oxygen atoms in total. The van der Waals surface area contributed by atoms with Crippen molar-refractivity contribution in [2.45, 2.75) is 0 Å². The van der Waals surface area contributed by atoms with Gasteiger partial charge in [-0.25, -0.2) is 0 Å². The molecule has 0 atom stereocenters. The topological polar surface area (TPSA) is 9.86 Å². The molecular formula is C60H34N2. The lowest BCUT2D eigenvalue weighted by Gasteiger charge is -2.16. The molecule has 13 rings (SSSR count). The zero-order valence-corrected chi connectivity index (χ0v) is 33.5. The van der Waals surface area contributed by atoms with E-state index in [1.54, 1.807) is 0 Å². The van der Waals surface area contributed by atoms with Gasteiger partial charge in [0.05, 0.1) is 22.1 Å². The third kappa shape index (κ3) is 5.15. The predicted octanol–water partition coefficient (Wildman–Crippen LogP) is 14.7. The summed E-state index contributed by atoms with van der Waals surface area (Å²) in [5.74, 6) is 14.3. The monoisotopic (exact) mass is 782 g/mol. The molecule has 62 heavy (non-hydrogen) atoms. The van der Waals surface area contributed by atoms with E-state index >= 15 is 0 Å². The number of hydrogen-bond donors (Lipinski definition) is 0. The van der Waals surface area contributed by atoms with Crippen LogP contribution in [0, 0.1) is 23.7 Å². The zero-order chi connectivity index (χ0) is 40.7. The normalized spacial score (nSPS) is 11.6. The van der Waals surface area contributed by atoms with E-state index in [2.05, 4.69) is 239 Å². The maximum absolute atomic E-state index is 3.63. The van der Waals surface area contributed by atoms with Crippen LogP contribution in [-0.2, 0) is 0 Å². The molecule has 11 aromatic carbocycles. The van der Waals surface area contributed by atoms with E-state index in [4.69, 9.17) is 0 Å². The lowest BCUT2D eigenvalue weighted by molar-refractivity contribution is 1.18. The Kier molecular flexibility index (Phi) is 7.46. The Hall–Kier alpha value is -8.56. The van der Waals surface area contributed by atoms with Gasteiger partial charge in [0.2, 0.25) is 0 Å². The minimum atomic E-state index is 0.977. The van der Waals surface area contributed by atoms with Crippen molar-refractivity contribution in [2.75, 3.05) is 0 Å². The highest BCUT2D eigenvalue weighted by atomic mass is 15.0. The second-order valence-electron chi connectivity index (χ2n) is 16.1. The Labute approximate surface area is 357 Å². The summed E-state index contributed by atoms with van der Waals surface area (Å²) in [5.41, 5.74) is 11.0. The fraction of sp³-hybridized carbons (Fsp3) is 0. The van der Waals surface area contributed by atoms with Crippen molar-refractivity contribution in [3.05, 3.63) is 229 Å². The molecule has 284 valence electrons. The minimum Gasteiger partial charge on any atom is -0.309 e. The van der Waals surface area contributed by atoms with Gasteiger partial charge in [-0.1, -0.05) is 145 Å². The van der Waals surface area contributed by atoms with Gasteiger partial charge in [0.1, 0.15) is 0 Å². The number of benzene rings is 11. The van der Waals surface area contributed by atoms with Crippen molar-refractivity contribution in [1.29, 1.82) is 0 Å². The van der Waals surface area contributed by atoms with Gasteiger partial charge in [0, 0.05) is 65.9 Å². The van der Waals surface area contributed by atoms with Crippen molar-refractivity contribution in [1.82, 2.24) is 9.13 Å². The molecule has 2 aromatic heterocycles. The predicted molar refractivity (Wildman–Crippen MR) is 261 cm³/mol. The first kappa shape index (κ1) is 34.3. The van der Waals surface area contributed by atoms with Crippen molar-refractivity contribution in [3.8, 4) is 35.1 Å². The average molecular weight is 783 g/mol. The van der Waals surface area contributed by atoms with Crippen molar-refractivity contribution in [2.24, 2.45) is 0 Å². The second-order valence-corrected chi connectivity index (χ2v) is 16.1. The van der Waals surface area contributed by atoms with Crippen LogP contribution >= 0.6 is 0 Å². The average Bonchev–Trinajstić information content (AvgIpc) is 3.85. The van der Waals surface area contributed by atoms with Crippen LogP contribution in [0.1, 0.15) is 22.3 Å². The van der Waals surface area contributed by atoms with E-state index in [1.807, 2.05) is 0 Å². The Balaban J connectivity index is 0.906. The molecule has 0 fully saturated rings. The summed E-state index contributed by atoms with van der Waals surface area (Å²) in [6.07, 6.45) is 0. The molecule has 2 heteroatoms. The molecule has 0 aliphatic carbocycles. The number of rotatable bonds is 2. The third-order valence-corrected chi connectivity index (χ3v) is 12.7. The van der Waals surface area contributed by atoms with E-state index in [1.165, 1.54) is 86.7 Å². The summed E-state index contributed by atoms with van der Waals surface area (Å²) in [5, 5.41) is 14.7. The van der Waals surface area contributed by atoms with Crippen LogP contribution in [0.15, 0.2) is 206 Å². The highest BCUT2D eigenvalue weighted by molar-refractivity contribution is 6.34. The molecule has 0 radical (unpaired) electrons. The maximum Gasteiger partial charge on any atom is 0.0541 e. The van der Waals surface area contributed by atoms with Crippen LogP contribution in [0.5, 0.6) is 0 Å². The number of fused-ring (bicyclic) bond motifs is 8. The number of nitrogens with zero attached hydrogens (tertiary/aromatic N) is 2. The SMILES string of the molecule is C(#Cc1ccc2cccc3c4c(C#Cc5ccc(-n6c7ccccc7c7ccccc76)cc5)ccc5cccc(c1c23)c54)c1ccc(-n2c3ccccc3c3ccccc32)cc1. The first-order valence-corrected chi connectivity index (χ1v) is 21.1. The Morgan fingerprint density at radius 2 is 0.581 bits per heavy atom. The molecule has 0 bridgehead atoms. The Bertz CT molecular complexity index is 3710. The lowest BCUT2D eigenvalue weighted by atomic mass is 9.86. The van der Waals surface area contributed by atoms with Crippen molar-refractivity contribution < 1.29 is 0 Å². The van der Waals surface area contributed by atoms with Gasteiger partial charge < -0.3 is 9.13 Å². The van der Waals surface area contributed by atoms with Gasteiger partial charge in [-0.05, 0) is 117 Å². The summed E-state index contributed by atoms with van der Waals surface area (Å²) in [4.78, 5) is 0. The van der Waals surface area contributed by atoms with E-state index in [0.717, 1.165) is 33.6 Å². The molecule has 2 heterocycles. The van der Waals surface area contributed by atoms with Gasteiger partial charge in [-0.15, -0.1) is 0 Å². The highest BCUT2D eigenvalue weighted by Crippen LogP contribution is 2.43. The molecule has 0 amide bonds. The summed E-state index contributed by atoms with van der Waals surface area (Å²) in [6.45, 7) is 0. The van der Waals surface area contributed by atoms with Crippen molar-refractivity contribution in [3.63, 3.8) is 0 Å². The van der Waals surface area contributed by atoms with E-state index in [0.29, 0.717) is 0 Å². The summed E-state index contributed by atoms with van der Waals surface area (Å²) in [7, 11) is 0. The fourth-order valence-electron chi connectivity index (χ4n) is 10.0. The summed E-state index contributed by atoms with van der Waals surface area (Å²) >= 11 is 0. The van der Waals surface area contributed by atoms with Crippen LogP contribution in [0.2, 0.25) is 0 Å². The summed E-state index contributed by atoms with van der Waals surface area (Å²) in [6, 6.07) is 73.9. The molecule has 0 saturated heterocycles. The van der Waals surface area contributed by atoms with E-state index in [-0.39, 0.29) is 0 Å². The van der Waals surface area contributed by atoms with Crippen LogP contribution in [0.3, 0.4) is 0 Å². The first-order chi connectivity index (χ1) is 30.8. The smallest absolute Gasteiger partial charge is 0.0541 e. The Morgan fingerprint density at radius 3 is 0.952 bits per heavy atom. The van der Waals surface area contributed by atoms with E-state index < -0.39 is 0 Å². The molecule has 0 unspecified atom stereocenters. The summed E-state index contributed by atoms with van der Waals surface area (Å²) < 4.78 is 4.69. The second kappa shape index (κ2) is 13.5. The van der Waals surface area contributed by atoms with Gasteiger partial charge in [-0.3, -0.25) is 0 Å². The Morgan fingerprint density at radius 1 is 0.242 bits per heavy atom. The van der Waals surface area contributed by atoms with Crippen LogP contribution < -0.4 is 0 Å². The molecular weight excluding hydrogens is 749 g/mol. The molecule has 0 aliphatic rings.